The molecule has 0 bridgehead atoms. The zero-order valence-corrected chi connectivity index (χ0v) is 16.0. The summed E-state index contributed by atoms with van der Waals surface area (Å²) in [5, 5.41) is 4.66. The third kappa shape index (κ3) is 4.41. The summed E-state index contributed by atoms with van der Waals surface area (Å²) in [6, 6.07) is 14.4. The molecule has 0 spiro atoms. The van der Waals surface area contributed by atoms with E-state index in [4.69, 9.17) is 0 Å². The molecule has 0 saturated carbocycles. The SMILES string of the molecule is CC(=O)N/C(=C/c1cccs1)C(=O)N1CCC(c2ccccc2)C(C)C1. The second kappa shape index (κ2) is 8.32. The third-order valence-corrected chi connectivity index (χ3v) is 5.61. The average Bonchev–Trinajstić information content (AvgIpc) is 3.14. The molecule has 1 aliphatic heterocycles. The van der Waals surface area contributed by atoms with Gasteiger partial charge in [-0.2, -0.15) is 0 Å². The van der Waals surface area contributed by atoms with Crippen LogP contribution in [-0.2, 0) is 9.59 Å². The number of piperidine rings is 1. The minimum Gasteiger partial charge on any atom is -0.337 e. The smallest absolute Gasteiger partial charge is 0.270 e. The van der Waals surface area contributed by atoms with Crippen LogP contribution in [0, 0.1) is 5.92 Å². The largest absolute Gasteiger partial charge is 0.337 e. The Labute approximate surface area is 158 Å². The van der Waals surface area contributed by atoms with Gasteiger partial charge in [0.2, 0.25) is 5.91 Å². The van der Waals surface area contributed by atoms with Gasteiger partial charge in [0, 0.05) is 24.9 Å². The van der Waals surface area contributed by atoms with Crippen LogP contribution < -0.4 is 5.32 Å². The molecular weight excluding hydrogens is 344 g/mol. The van der Waals surface area contributed by atoms with Crippen LogP contribution in [0.2, 0.25) is 0 Å². The highest BCUT2D eigenvalue weighted by molar-refractivity contribution is 7.10. The summed E-state index contributed by atoms with van der Waals surface area (Å²) >= 11 is 1.54. The van der Waals surface area contributed by atoms with Gasteiger partial charge in [-0.25, -0.2) is 0 Å². The molecule has 5 heteroatoms. The molecule has 1 aromatic carbocycles. The fourth-order valence-electron chi connectivity index (χ4n) is 3.55. The molecule has 2 atom stereocenters. The highest BCUT2D eigenvalue weighted by Gasteiger charge is 2.31. The van der Waals surface area contributed by atoms with Crippen molar-refractivity contribution in [1.29, 1.82) is 0 Å². The zero-order valence-electron chi connectivity index (χ0n) is 15.1. The van der Waals surface area contributed by atoms with Gasteiger partial charge < -0.3 is 10.2 Å². The molecule has 1 aliphatic rings. The van der Waals surface area contributed by atoms with Crippen LogP contribution in [0.15, 0.2) is 53.5 Å². The molecule has 0 radical (unpaired) electrons. The maximum absolute atomic E-state index is 13.0. The Morgan fingerprint density at radius 3 is 2.58 bits per heavy atom. The normalized spacial score (nSPS) is 20.7. The Morgan fingerprint density at radius 1 is 1.19 bits per heavy atom. The van der Waals surface area contributed by atoms with E-state index >= 15 is 0 Å². The number of likely N-dealkylation sites (tertiary alicyclic amines) is 1. The van der Waals surface area contributed by atoms with Crippen LogP contribution in [0.25, 0.3) is 6.08 Å². The van der Waals surface area contributed by atoms with Crippen LogP contribution in [0.5, 0.6) is 0 Å². The first-order valence-electron chi connectivity index (χ1n) is 8.91. The molecule has 4 nitrogen and oxygen atoms in total. The van der Waals surface area contributed by atoms with Crippen LogP contribution in [-0.4, -0.2) is 29.8 Å². The lowest BCUT2D eigenvalue weighted by Gasteiger charge is -2.37. The van der Waals surface area contributed by atoms with Gasteiger partial charge in [0.1, 0.15) is 5.70 Å². The molecule has 1 saturated heterocycles. The van der Waals surface area contributed by atoms with Gasteiger partial charge in [0.05, 0.1) is 0 Å². The number of nitrogens with one attached hydrogen (secondary N) is 1. The van der Waals surface area contributed by atoms with Crippen molar-refractivity contribution in [3.63, 3.8) is 0 Å². The third-order valence-electron chi connectivity index (χ3n) is 4.79. The number of benzene rings is 1. The molecule has 26 heavy (non-hydrogen) atoms. The van der Waals surface area contributed by atoms with E-state index < -0.39 is 0 Å². The maximum Gasteiger partial charge on any atom is 0.270 e. The molecule has 3 rings (SSSR count). The summed E-state index contributed by atoms with van der Waals surface area (Å²) in [7, 11) is 0. The van der Waals surface area contributed by atoms with Gasteiger partial charge in [0.25, 0.3) is 5.91 Å². The Morgan fingerprint density at radius 2 is 1.96 bits per heavy atom. The highest BCUT2D eigenvalue weighted by Crippen LogP contribution is 2.33. The summed E-state index contributed by atoms with van der Waals surface area (Å²) in [5.74, 6) is 0.501. The van der Waals surface area contributed by atoms with Crippen LogP contribution in [0.1, 0.15) is 36.6 Å². The van der Waals surface area contributed by atoms with Crippen molar-refractivity contribution in [2.24, 2.45) is 5.92 Å². The number of carbonyl (C=O) groups excluding carboxylic acids is 2. The molecule has 136 valence electrons. The van der Waals surface area contributed by atoms with E-state index in [0.29, 0.717) is 30.6 Å². The number of amides is 2. The summed E-state index contributed by atoms with van der Waals surface area (Å²) in [6.45, 7) is 5.02. The Balaban J connectivity index is 1.73. The van der Waals surface area contributed by atoms with E-state index in [0.717, 1.165) is 11.3 Å². The van der Waals surface area contributed by atoms with Crippen molar-refractivity contribution in [2.75, 3.05) is 13.1 Å². The van der Waals surface area contributed by atoms with Gasteiger partial charge in [0.15, 0.2) is 0 Å². The first kappa shape index (κ1) is 18.4. The van der Waals surface area contributed by atoms with Crippen molar-refractivity contribution in [2.45, 2.75) is 26.2 Å². The average molecular weight is 369 g/mol. The van der Waals surface area contributed by atoms with Gasteiger partial charge >= 0.3 is 0 Å². The molecule has 0 aliphatic carbocycles. The van der Waals surface area contributed by atoms with Crippen molar-refractivity contribution in [1.82, 2.24) is 10.2 Å². The fraction of sp³-hybridized carbons (Fsp3) is 0.333. The number of hydrogen-bond acceptors (Lipinski definition) is 3. The number of nitrogens with zero attached hydrogens (tertiary/aromatic N) is 1. The van der Waals surface area contributed by atoms with E-state index in [9.17, 15) is 9.59 Å². The standard InChI is InChI=1S/C21H24N2O2S/c1-15-14-23(11-10-19(15)17-7-4-3-5-8-17)21(25)20(22-16(2)24)13-18-9-6-12-26-18/h3-9,12-13,15,19H,10-11,14H2,1-2H3,(H,22,24)/b20-13+. The minimum atomic E-state index is -0.228. The first-order valence-corrected chi connectivity index (χ1v) is 9.79. The Hall–Kier alpha value is -2.40. The fourth-order valence-corrected chi connectivity index (χ4v) is 4.21. The summed E-state index contributed by atoms with van der Waals surface area (Å²) in [6.07, 6.45) is 2.70. The summed E-state index contributed by atoms with van der Waals surface area (Å²) in [4.78, 5) is 27.4. The topological polar surface area (TPSA) is 49.4 Å². The molecule has 2 amide bonds. The Bertz CT molecular complexity index is 784. The highest BCUT2D eigenvalue weighted by atomic mass is 32.1. The zero-order chi connectivity index (χ0) is 18.5. The molecule has 1 fully saturated rings. The number of carbonyl (C=O) groups is 2. The maximum atomic E-state index is 13.0. The van der Waals surface area contributed by atoms with E-state index in [2.05, 4.69) is 36.5 Å². The van der Waals surface area contributed by atoms with Gasteiger partial charge in [-0.05, 0) is 41.3 Å². The van der Waals surface area contributed by atoms with E-state index in [1.807, 2.05) is 28.5 Å². The molecule has 2 heterocycles. The lowest BCUT2D eigenvalue weighted by atomic mass is 9.81. The quantitative estimate of drug-likeness (QED) is 0.833. The second-order valence-electron chi connectivity index (χ2n) is 6.79. The molecule has 1 N–H and O–H groups in total. The van der Waals surface area contributed by atoms with Crippen LogP contribution in [0.4, 0.5) is 0 Å². The van der Waals surface area contributed by atoms with Gasteiger partial charge in [-0.3, -0.25) is 9.59 Å². The summed E-state index contributed by atoms with van der Waals surface area (Å²) in [5.41, 5.74) is 1.69. The predicted octanol–water partition coefficient (Wildman–Crippen LogP) is 3.88. The van der Waals surface area contributed by atoms with Crippen molar-refractivity contribution >= 4 is 29.2 Å². The first-order chi connectivity index (χ1) is 12.5. The van der Waals surface area contributed by atoms with E-state index in [1.54, 1.807) is 17.4 Å². The number of rotatable bonds is 4. The number of hydrogen-bond donors (Lipinski definition) is 1. The van der Waals surface area contributed by atoms with E-state index in [-0.39, 0.29) is 11.8 Å². The second-order valence-corrected chi connectivity index (χ2v) is 7.77. The van der Waals surface area contributed by atoms with Gasteiger partial charge in [-0.15, -0.1) is 11.3 Å². The summed E-state index contributed by atoms with van der Waals surface area (Å²) < 4.78 is 0. The van der Waals surface area contributed by atoms with Gasteiger partial charge in [-0.1, -0.05) is 43.3 Å². The monoisotopic (exact) mass is 368 g/mol. The minimum absolute atomic E-state index is 0.105. The predicted molar refractivity (Wildman–Crippen MR) is 106 cm³/mol. The Kier molecular flexibility index (Phi) is 5.89. The molecule has 2 aromatic rings. The van der Waals surface area contributed by atoms with E-state index in [1.165, 1.54) is 12.5 Å². The lowest BCUT2D eigenvalue weighted by Crippen LogP contribution is -2.45. The molecule has 1 aromatic heterocycles. The van der Waals surface area contributed by atoms with Crippen LogP contribution >= 0.6 is 11.3 Å². The van der Waals surface area contributed by atoms with Crippen LogP contribution in [0.3, 0.4) is 0 Å². The lowest BCUT2D eigenvalue weighted by molar-refractivity contribution is -0.131. The molecular formula is C21H24N2O2S. The van der Waals surface area contributed by atoms with Crippen molar-refractivity contribution in [3.8, 4) is 0 Å². The van der Waals surface area contributed by atoms with Crippen molar-refractivity contribution in [3.05, 3.63) is 64.0 Å². The molecule has 2 unspecified atom stereocenters. The van der Waals surface area contributed by atoms with Crippen molar-refractivity contribution < 1.29 is 9.59 Å². The number of thiophene rings is 1.